The predicted molar refractivity (Wildman–Crippen MR) is 102 cm³/mol. The Balaban J connectivity index is 2.08. The Morgan fingerprint density at radius 3 is 2.52 bits per heavy atom. The van der Waals surface area contributed by atoms with Crippen LogP contribution in [0.25, 0.3) is 22.1 Å². The molecule has 0 aliphatic carbocycles. The number of hydrogen-bond acceptors (Lipinski definition) is 11. The second-order valence-corrected chi connectivity index (χ2v) is 7.54. The molecule has 1 fully saturated rings. The Labute approximate surface area is 162 Å². The number of anilines is 1. The normalized spacial score (nSPS) is 25.7. The molecule has 4 atom stereocenters. The SMILES string of the molecule is CSc1nc(SC)c2c3c(N)ncnc3n(C3O[C@H](CO)[C@@H](O)[C@H]3O)c2n1. The summed E-state index contributed by atoms with van der Waals surface area (Å²) in [6, 6.07) is 0. The number of thioether (sulfide) groups is 2. The number of nitrogen functional groups attached to an aromatic ring is 1. The Morgan fingerprint density at radius 2 is 1.89 bits per heavy atom. The van der Waals surface area contributed by atoms with E-state index < -0.39 is 31.1 Å². The van der Waals surface area contributed by atoms with E-state index >= 15 is 0 Å². The highest BCUT2D eigenvalue weighted by Crippen LogP contribution is 2.40. The number of aliphatic hydroxyl groups excluding tert-OH is 3. The minimum atomic E-state index is -1.28. The van der Waals surface area contributed by atoms with E-state index in [1.54, 1.807) is 4.57 Å². The maximum atomic E-state index is 10.5. The van der Waals surface area contributed by atoms with Crippen molar-refractivity contribution in [3.8, 4) is 0 Å². The van der Waals surface area contributed by atoms with Crippen molar-refractivity contribution < 1.29 is 20.1 Å². The summed E-state index contributed by atoms with van der Waals surface area (Å²) in [5.74, 6) is 0.256. The van der Waals surface area contributed by atoms with Crippen molar-refractivity contribution >= 4 is 51.4 Å². The zero-order valence-corrected chi connectivity index (χ0v) is 16.1. The van der Waals surface area contributed by atoms with Gasteiger partial charge in [0.05, 0.1) is 17.4 Å². The molecule has 27 heavy (non-hydrogen) atoms. The summed E-state index contributed by atoms with van der Waals surface area (Å²) in [5, 5.41) is 32.6. The molecule has 0 saturated carbocycles. The molecule has 3 aromatic heterocycles. The molecular weight excluding hydrogens is 392 g/mol. The lowest BCUT2D eigenvalue weighted by atomic mass is 10.1. The van der Waals surface area contributed by atoms with Gasteiger partial charge in [0.25, 0.3) is 0 Å². The van der Waals surface area contributed by atoms with E-state index in [1.807, 2.05) is 12.5 Å². The summed E-state index contributed by atoms with van der Waals surface area (Å²) in [6.07, 6.45) is 0.636. The number of nitrogens with zero attached hydrogens (tertiary/aromatic N) is 5. The summed E-state index contributed by atoms with van der Waals surface area (Å²) in [5.41, 5.74) is 7.00. The monoisotopic (exact) mass is 410 g/mol. The standard InChI is InChI=1S/C15H18N6O4S2/c1-26-13-7-6-10(16)17-4-18-11(6)21(12(7)19-15(20-13)27-2)14-9(24)8(23)5(3-22)25-14/h4-5,8-9,14,22-24H,3H2,1-2H3,(H2,16,17,18)/t5-,8-,9-,14?/m1/s1. The number of rotatable bonds is 4. The van der Waals surface area contributed by atoms with Gasteiger partial charge in [0.15, 0.2) is 11.4 Å². The Hall–Kier alpha value is -1.70. The number of nitrogens with two attached hydrogens (primary N) is 1. The van der Waals surface area contributed by atoms with E-state index in [2.05, 4.69) is 19.9 Å². The van der Waals surface area contributed by atoms with Crippen LogP contribution in [0.15, 0.2) is 16.5 Å². The fourth-order valence-corrected chi connectivity index (χ4v) is 4.28. The highest BCUT2D eigenvalue weighted by molar-refractivity contribution is 7.99. The molecule has 1 aliphatic heterocycles. The number of aliphatic hydroxyl groups is 3. The van der Waals surface area contributed by atoms with Crippen LogP contribution in [0.1, 0.15) is 6.23 Å². The highest BCUT2D eigenvalue weighted by atomic mass is 32.2. The summed E-state index contributed by atoms with van der Waals surface area (Å²) >= 11 is 2.81. The molecule has 3 aromatic rings. The molecule has 5 N–H and O–H groups in total. The molecule has 0 bridgehead atoms. The maximum Gasteiger partial charge on any atom is 0.190 e. The van der Waals surface area contributed by atoms with E-state index in [0.29, 0.717) is 32.2 Å². The molecule has 4 rings (SSSR count). The lowest BCUT2D eigenvalue weighted by Crippen LogP contribution is -2.33. The van der Waals surface area contributed by atoms with Gasteiger partial charge in [-0.15, -0.1) is 11.8 Å². The summed E-state index contributed by atoms with van der Waals surface area (Å²) in [4.78, 5) is 17.5. The minimum Gasteiger partial charge on any atom is -0.394 e. The van der Waals surface area contributed by atoms with Crippen LogP contribution >= 0.6 is 23.5 Å². The molecule has 1 saturated heterocycles. The lowest BCUT2D eigenvalue weighted by molar-refractivity contribution is -0.0492. The third kappa shape index (κ3) is 2.75. The molecule has 1 unspecified atom stereocenters. The largest absolute Gasteiger partial charge is 0.394 e. The van der Waals surface area contributed by atoms with Gasteiger partial charge in [-0.25, -0.2) is 19.9 Å². The maximum absolute atomic E-state index is 10.5. The zero-order chi connectivity index (χ0) is 19.3. The number of aromatic nitrogens is 5. The second-order valence-electron chi connectivity index (χ2n) is 5.97. The topological polar surface area (TPSA) is 152 Å². The van der Waals surface area contributed by atoms with Gasteiger partial charge in [0.1, 0.15) is 46.8 Å². The first-order valence-corrected chi connectivity index (χ1v) is 10.5. The number of ether oxygens (including phenoxy) is 1. The minimum absolute atomic E-state index is 0.256. The Bertz CT molecular complexity index is 1020. The van der Waals surface area contributed by atoms with Gasteiger partial charge in [0, 0.05) is 0 Å². The van der Waals surface area contributed by atoms with Crippen LogP contribution in [0.2, 0.25) is 0 Å². The predicted octanol–water partition coefficient (Wildman–Crippen LogP) is 0.0120. The van der Waals surface area contributed by atoms with Gasteiger partial charge in [-0.3, -0.25) is 4.57 Å². The molecular formula is C15H18N6O4S2. The van der Waals surface area contributed by atoms with Crippen molar-refractivity contribution in [2.45, 2.75) is 34.7 Å². The fraction of sp³-hybridized carbons (Fsp3) is 0.467. The van der Waals surface area contributed by atoms with Crippen LogP contribution in [0.4, 0.5) is 5.82 Å². The third-order valence-corrected chi connectivity index (χ3v) is 5.78. The fourth-order valence-electron chi connectivity index (χ4n) is 3.29. The molecule has 0 amide bonds. The lowest BCUT2D eigenvalue weighted by Gasteiger charge is -2.18. The molecule has 1 aliphatic rings. The summed E-state index contributed by atoms with van der Waals surface area (Å²) in [6.45, 7) is -0.426. The first-order chi connectivity index (χ1) is 13.0. The van der Waals surface area contributed by atoms with Gasteiger partial charge < -0.3 is 25.8 Å². The highest BCUT2D eigenvalue weighted by Gasteiger charge is 2.45. The van der Waals surface area contributed by atoms with Gasteiger partial charge in [0.2, 0.25) is 0 Å². The van der Waals surface area contributed by atoms with Crippen molar-refractivity contribution in [2.75, 3.05) is 24.9 Å². The van der Waals surface area contributed by atoms with Crippen LogP contribution < -0.4 is 5.73 Å². The molecule has 0 spiro atoms. The molecule has 0 radical (unpaired) electrons. The zero-order valence-electron chi connectivity index (χ0n) is 14.5. The van der Waals surface area contributed by atoms with Crippen molar-refractivity contribution in [1.29, 1.82) is 0 Å². The van der Waals surface area contributed by atoms with Gasteiger partial charge in [-0.05, 0) is 12.5 Å². The number of fused-ring (bicyclic) bond motifs is 3. The van der Waals surface area contributed by atoms with Crippen molar-refractivity contribution in [3.63, 3.8) is 0 Å². The molecule has 12 heteroatoms. The average molecular weight is 410 g/mol. The van der Waals surface area contributed by atoms with E-state index in [1.165, 1.54) is 29.9 Å². The molecule has 0 aromatic carbocycles. The Kier molecular flexibility index (Phi) is 4.86. The summed E-state index contributed by atoms with van der Waals surface area (Å²) in [7, 11) is 0. The first-order valence-electron chi connectivity index (χ1n) is 8.04. The van der Waals surface area contributed by atoms with Crippen LogP contribution in [0.5, 0.6) is 0 Å². The van der Waals surface area contributed by atoms with Crippen molar-refractivity contribution in [2.24, 2.45) is 0 Å². The van der Waals surface area contributed by atoms with Crippen LogP contribution in [-0.2, 0) is 4.74 Å². The third-order valence-electron chi connectivity index (χ3n) is 4.55. The van der Waals surface area contributed by atoms with E-state index in [4.69, 9.17) is 10.5 Å². The van der Waals surface area contributed by atoms with Crippen LogP contribution in [-0.4, -0.2) is 77.3 Å². The average Bonchev–Trinajstić information content (AvgIpc) is 3.16. The second kappa shape index (κ2) is 7.04. The van der Waals surface area contributed by atoms with E-state index in [9.17, 15) is 15.3 Å². The first kappa shape index (κ1) is 18.7. The quantitative estimate of drug-likeness (QED) is 0.261. The van der Waals surface area contributed by atoms with Crippen LogP contribution in [0.3, 0.4) is 0 Å². The van der Waals surface area contributed by atoms with Gasteiger partial charge in [-0.2, -0.15) is 0 Å². The van der Waals surface area contributed by atoms with E-state index in [-0.39, 0.29) is 5.82 Å². The van der Waals surface area contributed by atoms with Crippen molar-refractivity contribution in [1.82, 2.24) is 24.5 Å². The summed E-state index contributed by atoms with van der Waals surface area (Å²) < 4.78 is 7.31. The van der Waals surface area contributed by atoms with Crippen molar-refractivity contribution in [3.05, 3.63) is 6.33 Å². The molecule has 144 valence electrons. The Morgan fingerprint density at radius 1 is 1.11 bits per heavy atom. The van der Waals surface area contributed by atoms with Crippen LogP contribution in [0, 0.1) is 0 Å². The molecule has 10 nitrogen and oxygen atoms in total. The smallest absolute Gasteiger partial charge is 0.190 e. The number of hydrogen-bond donors (Lipinski definition) is 4. The van der Waals surface area contributed by atoms with E-state index in [0.717, 1.165) is 0 Å². The molecule has 4 heterocycles. The van der Waals surface area contributed by atoms with Gasteiger partial charge in [-0.1, -0.05) is 11.8 Å². The van der Waals surface area contributed by atoms with Gasteiger partial charge >= 0.3 is 0 Å².